The van der Waals surface area contributed by atoms with E-state index in [1.54, 1.807) is 0 Å². The van der Waals surface area contributed by atoms with Crippen LogP contribution in [-0.2, 0) is 4.74 Å². The third-order valence-electron chi connectivity index (χ3n) is 4.62. The van der Waals surface area contributed by atoms with Crippen LogP contribution in [0, 0.1) is 25.2 Å². The van der Waals surface area contributed by atoms with E-state index in [0.717, 1.165) is 17.5 Å². The first-order valence-electron chi connectivity index (χ1n) is 7.86. The highest BCUT2D eigenvalue weighted by atomic mass is 79.9. The van der Waals surface area contributed by atoms with Gasteiger partial charge in [0.25, 0.3) is 0 Å². The number of hydrogen-bond acceptors (Lipinski definition) is 2. The Bertz CT molecular complexity index is 487. The molecule has 0 aromatic heterocycles. The van der Waals surface area contributed by atoms with Crippen LogP contribution < -0.4 is 5.32 Å². The van der Waals surface area contributed by atoms with Crippen molar-refractivity contribution in [1.29, 1.82) is 0 Å². The highest BCUT2D eigenvalue weighted by Gasteiger charge is 2.49. The quantitative estimate of drug-likeness (QED) is 0.773. The molecule has 0 radical (unpaired) electrons. The zero-order valence-electron chi connectivity index (χ0n) is 14.1. The highest BCUT2D eigenvalue weighted by molar-refractivity contribution is 9.10. The Morgan fingerprint density at radius 1 is 1.29 bits per heavy atom. The standard InChI is InChI=1S/C18H28BrNO/c1-11(2)10-21-16-9-15(18(16,5)6)20-17-12(3)7-14(19)8-13(17)4/h7-8,11,15-16,20H,9-10H2,1-6H3. The van der Waals surface area contributed by atoms with Gasteiger partial charge < -0.3 is 10.1 Å². The van der Waals surface area contributed by atoms with Gasteiger partial charge in [-0.1, -0.05) is 43.6 Å². The molecule has 118 valence electrons. The Kier molecular flexibility index (Phi) is 5.04. The summed E-state index contributed by atoms with van der Waals surface area (Å²) in [6.07, 6.45) is 1.46. The number of rotatable bonds is 5. The van der Waals surface area contributed by atoms with Crippen molar-refractivity contribution < 1.29 is 4.74 Å². The zero-order chi connectivity index (χ0) is 15.8. The molecule has 0 amide bonds. The number of nitrogens with one attached hydrogen (secondary N) is 1. The number of halogens is 1. The average Bonchev–Trinajstić information content (AvgIpc) is 2.34. The molecule has 1 aliphatic rings. The van der Waals surface area contributed by atoms with Crippen LogP contribution in [0.25, 0.3) is 0 Å². The lowest BCUT2D eigenvalue weighted by Crippen LogP contribution is -2.58. The lowest BCUT2D eigenvalue weighted by molar-refractivity contribution is -0.108. The van der Waals surface area contributed by atoms with Crippen LogP contribution in [0.4, 0.5) is 5.69 Å². The van der Waals surface area contributed by atoms with Crippen LogP contribution >= 0.6 is 15.9 Å². The van der Waals surface area contributed by atoms with Crippen LogP contribution in [0.3, 0.4) is 0 Å². The van der Waals surface area contributed by atoms with Crippen molar-refractivity contribution in [2.45, 2.75) is 60.1 Å². The Morgan fingerprint density at radius 3 is 2.33 bits per heavy atom. The second-order valence-electron chi connectivity index (χ2n) is 7.38. The SMILES string of the molecule is Cc1cc(Br)cc(C)c1NC1CC(OCC(C)C)C1(C)C. The molecule has 0 spiro atoms. The van der Waals surface area contributed by atoms with E-state index in [-0.39, 0.29) is 5.41 Å². The molecule has 0 saturated heterocycles. The van der Waals surface area contributed by atoms with Gasteiger partial charge in [0.2, 0.25) is 0 Å². The second-order valence-corrected chi connectivity index (χ2v) is 8.30. The van der Waals surface area contributed by atoms with Crippen LogP contribution in [0.1, 0.15) is 45.2 Å². The summed E-state index contributed by atoms with van der Waals surface area (Å²) in [7, 11) is 0. The molecule has 21 heavy (non-hydrogen) atoms. The minimum absolute atomic E-state index is 0.181. The molecule has 1 aromatic rings. The Hall–Kier alpha value is -0.540. The van der Waals surface area contributed by atoms with Crippen molar-refractivity contribution in [3.63, 3.8) is 0 Å². The van der Waals surface area contributed by atoms with Crippen molar-refractivity contribution in [2.24, 2.45) is 11.3 Å². The summed E-state index contributed by atoms with van der Waals surface area (Å²) >= 11 is 3.56. The predicted molar refractivity (Wildman–Crippen MR) is 94.0 cm³/mol. The fourth-order valence-electron chi connectivity index (χ4n) is 3.03. The molecule has 1 saturated carbocycles. The van der Waals surface area contributed by atoms with Gasteiger partial charge >= 0.3 is 0 Å². The number of anilines is 1. The first-order chi connectivity index (χ1) is 9.71. The Labute approximate surface area is 137 Å². The highest BCUT2D eigenvalue weighted by Crippen LogP contribution is 2.45. The summed E-state index contributed by atoms with van der Waals surface area (Å²) in [4.78, 5) is 0. The fraction of sp³-hybridized carbons (Fsp3) is 0.667. The Morgan fingerprint density at radius 2 is 1.86 bits per heavy atom. The normalized spacial score (nSPS) is 24.0. The molecule has 0 aliphatic heterocycles. The summed E-state index contributed by atoms with van der Waals surface area (Å²) in [5.74, 6) is 0.601. The second kappa shape index (κ2) is 6.29. The molecule has 1 aliphatic carbocycles. The van der Waals surface area contributed by atoms with Crippen molar-refractivity contribution in [1.82, 2.24) is 0 Å². The third kappa shape index (κ3) is 3.62. The minimum Gasteiger partial charge on any atom is -0.381 e. The number of ether oxygens (including phenoxy) is 1. The van der Waals surface area contributed by atoms with E-state index in [1.165, 1.54) is 16.8 Å². The van der Waals surface area contributed by atoms with E-state index in [4.69, 9.17) is 4.74 Å². The van der Waals surface area contributed by atoms with Crippen LogP contribution in [-0.4, -0.2) is 18.8 Å². The van der Waals surface area contributed by atoms with Crippen molar-refractivity contribution in [2.75, 3.05) is 11.9 Å². The molecule has 2 unspecified atom stereocenters. The van der Waals surface area contributed by atoms with E-state index < -0.39 is 0 Å². The first-order valence-corrected chi connectivity index (χ1v) is 8.66. The van der Waals surface area contributed by atoms with Crippen molar-refractivity contribution >= 4 is 21.6 Å². The van der Waals surface area contributed by atoms with Gasteiger partial charge in [0.15, 0.2) is 0 Å². The monoisotopic (exact) mass is 353 g/mol. The van der Waals surface area contributed by atoms with Gasteiger partial charge in [-0.25, -0.2) is 0 Å². The zero-order valence-corrected chi connectivity index (χ0v) is 15.7. The van der Waals surface area contributed by atoms with Crippen LogP contribution in [0.5, 0.6) is 0 Å². The number of aryl methyl sites for hydroxylation is 2. The minimum atomic E-state index is 0.181. The molecule has 1 aromatic carbocycles. The largest absolute Gasteiger partial charge is 0.381 e. The summed E-state index contributed by atoms with van der Waals surface area (Å²) in [6, 6.07) is 4.83. The van der Waals surface area contributed by atoms with E-state index in [2.05, 4.69) is 74.9 Å². The molecular weight excluding hydrogens is 326 g/mol. The van der Waals surface area contributed by atoms with Gasteiger partial charge in [-0.2, -0.15) is 0 Å². The van der Waals surface area contributed by atoms with Gasteiger partial charge in [-0.05, 0) is 49.4 Å². The summed E-state index contributed by atoms with van der Waals surface area (Å²) in [5, 5.41) is 3.75. The van der Waals surface area contributed by atoms with E-state index >= 15 is 0 Å². The van der Waals surface area contributed by atoms with Gasteiger partial charge in [-0.3, -0.25) is 0 Å². The first kappa shape index (κ1) is 16.8. The van der Waals surface area contributed by atoms with Crippen molar-refractivity contribution in [3.8, 4) is 0 Å². The lowest BCUT2D eigenvalue weighted by atomic mass is 9.64. The molecule has 1 N–H and O–H groups in total. The molecule has 3 heteroatoms. The fourth-order valence-corrected chi connectivity index (χ4v) is 3.72. The molecule has 2 rings (SSSR count). The number of hydrogen-bond donors (Lipinski definition) is 1. The third-order valence-corrected chi connectivity index (χ3v) is 5.08. The molecule has 0 bridgehead atoms. The lowest BCUT2D eigenvalue weighted by Gasteiger charge is -2.52. The summed E-state index contributed by atoms with van der Waals surface area (Å²) < 4.78 is 7.20. The number of benzene rings is 1. The van der Waals surface area contributed by atoms with Gasteiger partial charge in [0.05, 0.1) is 6.10 Å². The van der Waals surface area contributed by atoms with Crippen molar-refractivity contribution in [3.05, 3.63) is 27.7 Å². The molecular formula is C18H28BrNO. The smallest absolute Gasteiger partial charge is 0.0665 e. The van der Waals surface area contributed by atoms with E-state index in [0.29, 0.717) is 18.1 Å². The summed E-state index contributed by atoms with van der Waals surface area (Å²) in [5.41, 5.74) is 4.05. The predicted octanol–water partition coefficient (Wildman–Crippen LogP) is 5.32. The maximum absolute atomic E-state index is 6.05. The van der Waals surface area contributed by atoms with E-state index in [9.17, 15) is 0 Å². The van der Waals surface area contributed by atoms with E-state index in [1.807, 2.05) is 0 Å². The molecule has 0 heterocycles. The topological polar surface area (TPSA) is 21.3 Å². The average molecular weight is 354 g/mol. The molecule has 2 atom stereocenters. The van der Waals surface area contributed by atoms with Crippen LogP contribution in [0.2, 0.25) is 0 Å². The van der Waals surface area contributed by atoms with Gasteiger partial charge in [0.1, 0.15) is 0 Å². The maximum Gasteiger partial charge on any atom is 0.0665 e. The van der Waals surface area contributed by atoms with Crippen LogP contribution in [0.15, 0.2) is 16.6 Å². The molecule has 1 fully saturated rings. The Balaban J connectivity index is 2.03. The van der Waals surface area contributed by atoms with Gasteiger partial charge in [-0.15, -0.1) is 0 Å². The van der Waals surface area contributed by atoms with Gasteiger partial charge in [0, 0.05) is 28.2 Å². The molecule has 2 nitrogen and oxygen atoms in total. The maximum atomic E-state index is 6.05. The summed E-state index contributed by atoms with van der Waals surface area (Å²) in [6.45, 7) is 14.2.